The summed E-state index contributed by atoms with van der Waals surface area (Å²) in [6.45, 7) is 4.08. The Morgan fingerprint density at radius 1 is 1.25 bits per heavy atom. The second kappa shape index (κ2) is 6.24. The second-order valence-corrected chi connectivity index (χ2v) is 5.28. The molecule has 1 aromatic rings. The lowest BCUT2D eigenvalue weighted by molar-refractivity contribution is -0.138. The van der Waals surface area contributed by atoms with Gasteiger partial charge < -0.3 is 10.0 Å². The van der Waals surface area contributed by atoms with Gasteiger partial charge in [0.1, 0.15) is 0 Å². The standard InChI is InChI=1S/C14H17ClN2O3/c1-10-3-2-4-11(13(10)15)14(20)17-7-5-16(6-8-17)9-12(18)19/h2-4H,5-9H2,1H3,(H,18,19). The van der Waals surface area contributed by atoms with E-state index in [1.165, 1.54) is 0 Å². The van der Waals surface area contributed by atoms with Crippen molar-refractivity contribution in [3.8, 4) is 0 Å². The molecule has 1 saturated heterocycles. The summed E-state index contributed by atoms with van der Waals surface area (Å²) in [6.07, 6.45) is 0. The quantitative estimate of drug-likeness (QED) is 0.918. The molecule has 1 aromatic carbocycles. The Kier molecular flexibility index (Phi) is 4.62. The maximum Gasteiger partial charge on any atom is 0.317 e. The SMILES string of the molecule is Cc1cccc(C(=O)N2CCN(CC(=O)O)CC2)c1Cl. The molecule has 6 heteroatoms. The van der Waals surface area contributed by atoms with Gasteiger partial charge in [0.25, 0.3) is 5.91 Å². The predicted molar refractivity (Wildman–Crippen MR) is 76.2 cm³/mol. The molecule has 1 heterocycles. The van der Waals surface area contributed by atoms with Crippen LogP contribution in [0.25, 0.3) is 0 Å². The van der Waals surface area contributed by atoms with E-state index in [2.05, 4.69) is 0 Å². The lowest BCUT2D eigenvalue weighted by Crippen LogP contribution is -2.49. The van der Waals surface area contributed by atoms with Crippen LogP contribution in [0.4, 0.5) is 0 Å². The van der Waals surface area contributed by atoms with Crippen molar-refractivity contribution in [3.05, 3.63) is 34.3 Å². The van der Waals surface area contributed by atoms with Crippen LogP contribution in [0.15, 0.2) is 18.2 Å². The average Bonchev–Trinajstić information content (AvgIpc) is 2.41. The van der Waals surface area contributed by atoms with E-state index in [1.54, 1.807) is 11.0 Å². The molecule has 0 saturated carbocycles. The van der Waals surface area contributed by atoms with Crippen molar-refractivity contribution < 1.29 is 14.7 Å². The summed E-state index contributed by atoms with van der Waals surface area (Å²) in [5.74, 6) is -0.930. The monoisotopic (exact) mass is 296 g/mol. The van der Waals surface area contributed by atoms with Crippen LogP contribution in [0, 0.1) is 6.92 Å². The predicted octanol–water partition coefficient (Wildman–Crippen LogP) is 1.49. The Labute approximate surface area is 122 Å². The van der Waals surface area contributed by atoms with Gasteiger partial charge in [0.2, 0.25) is 0 Å². The molecular weight excluding hydrogens is 280 g/mol. The molecule has 0 radical (unpaired) electrons. The highest BCUT2D eigenvalue weighted by molar-refractivity contribution is 6.34. The van der Waals surface area contributed by atoms with E-state index in [-0.39, 0.29) is 12.5 Å². The van der Waals surface area contributed by atoms with E-state index < -0.39 is 5.97 Å². The minimum Gasteiger partial charge on any atom is -0.480 e. The molecule has 1 amide bonds. The number of amides is 1. The highest BCUT2D eigenvalue weighted by atomic mass is 35.5. The summed E-state index contributed by atoms with van der Waals surface area (Å²) in [7, 11) is 0. The molecule has 2 rings (SSSR count). The molecule has 1 aliphatic heterocycles. The molecule has 1 N–H and O–H groups in total. The third-order valence-electron chi connectivity index (χ3n) is 3.44. The van der Waals surface area contributed by atoms with Gasteiger partial charge in [-0.1, -0.05) is 23.7 Å². The highest BCUT2D eigenvalue weighted by Gasteiger charge is 2.24. The van der Waals surface area contributed by atoms with Gasteiger partial charge in [0.15, 0.2) is 0 Å². The van der Waals surface area contributed by atoms with Crippen LogP contribution >= 0.6 is 11.6 Å². The number of halogens is 1. The third kappa shape index (κ3) is 3.29. The first-order valence-corrected chi connectivity index (χ1v) is 6.85. The van der Waals surface area contributed by atoms with Crippen molar-refractivity contribution in [1.82, 2.24) is 9.80 Å². The number of carbonyl (C=O) groups is 2. The lowest BCUT2D eigenvalue weighted by Gasteiger charge is -2.34. The van der Waals surface area contributed by atoms with Gasteiger partial charge in [-0.05, 0) is 18.6 Å². The number of benzene rings is 1. The summed E-state index contributed by atoms with van der Waals surface area (Å²) in [5, 5.41) is 9.24. The van der Waals surface area contributed by atoms with E-state index in [1.807, 2.05) is 24.0 Å². The van der Waals surface area contributed by atoms with Crippen molar-refractivity contribution in [2.75, 3.05) is 32.7 Å². The molecule has 0 bridgehead atoms. The van der Waals surface area contributed by atoms with Gasteiger partial charge in [0, 0.05) is 26.2 Å². The zero-order valence-corrected chi connectivity index (χ0v) is 12.1. The summed E-state index contributed by atoms with van der Waals surface area (Å²) in [4.78, 5) is 26.6. The molecule has 108 valence electrons. The molecule has 20 heavy (non-hydrogen) atoms. The van der Waals surface area contributed by atoms with Crippen molar-refractivity contribution in [2.45, 2.75) is 6.92 Å². The van der Waals surface area contributed by atoms with Gasteiger partial charge in [-0.25, -0.2) is 0 Å². The first-order chi connectivity index (χ1) is 9.49. The average molecular weight is 297 g/mol. The second-order valence-electron chi connectivity index (χ2n) is 4.90. The van der Waals surface area contributed by atoms with Crippen LogP contribution in [0.5, 0.6) is 0 Å². The minimum atomic E-state index is -0.841. The molecule has 0 aromatic heterocycles. The number of carboxylic acid groups (broad SMARTS) is 1. The highest BCUT2D eigenvalue weighted by Crippen LogP contribution is 2.22. The summed E-state index contributed by atoms with van der Waals surface area (Å²) in [6, 6.07) is 5.40. The zero-order chi connectivity index (χ0) is 14.7. The number of carbonyl (C=O) groups excluding carboxylic acids is 1. The Morgan fingerprint density at radius 2 is 1.90 bits per heavy atom. The summed E-state index contributed by atoms with van der Waals surface area (Å²) < 4.78 is 0. The molecule has 0 unspecified atom stereocenters. The maximum atomic E-state index is 12.4. The number of nitrogens with zero attached hydrogens (tertiary/aromatic N) is 2. The topological polar surface area (TPSA) is 60.9 Å². The molecule has 0 atom stereocenters. The fourth-order valence-corrected chi connectivity index (χ4v) is 2.49. The van der Waals surface area contributed by atoms with Crippen molar-refractivity contribution >= 4 is 23.5 Å². The lowest BCUT2D eigenvalue weighted by atomic mass is 10.1. The van der Waals surface area contributed by atoms with Gasteiger partial charge in [-0.2, -0.15) is 0 Å². The van der Waals surface area contributed by atoms with Gasteiger partial charge in [-0.3, -0.25) is 14.5 Å². The van der Waals surface area contributed by atoms with E-state index in [9.17, 15) is 9.59 Å². The van der Waals surface area contributed by atoms with E-state index in [0.29, 0.717) is 36.8 Å². The number of aliphatic carboxylic acids is 1. The first kappa shape index (κ1) is 14.8. The van der Waals surface area contributed by atoms with Crippen LogP contribution in [-0.4, -0.2) is 59.5 Å². The van der Waals surface area contributed by atoms with Crippen molar-refractivity contribution in [2.24, 2.45) is 0 Å². The minimum absolute atomic E-state index is 0.0211. The smallest absolute Gasteiger partial charge is 0.317 e. The Bertz CT molecular complexity index is 525. The number of hydrogen-bond acceptors (Lipinski definition) is 3. The third-order valence-corrected chi connectivity index (χ3v) is 3.94. The fraction of sp³-hybridized carbons (Fsp3) is 0.429. The molecule has 1 fully saturated rings. The van der Waals surface area contributed by atoms with Crippen molar-refractivity contribution in [1.29, 1.82) is 0 Å². The zero-order valence-electron chi connectivity index (χ0n) is 11.3. The van der Waals surface area contributed by atoms with Crippen LogP contribution < -0.4 is 0 Å². The number of rotatable bonds is 3. The van der Waals surface area contributed by atoms with E-state index in [0.717, 1.165) is 5.56 Å². The Balaban J connectivity index is 2.02. The first-order valence-electron chi connectivity index (χ1n) is 6.47. The fourth-order valence-electron chi connectivity index (χ4n) is 2.28. The van der Waals surface area contributed by atoms with Crippen LogP contribution in [-0.2, 0) is 4.79 Å². The largest absolute Gasteiger partial charge is 0.480 e. The van der Waals surface area contributed by atoms with Crippen LogP contribution in [0.2, 0.25) is 5.02 Å². The molecular formula is C14H17ClN2O3. The van der Waals surface area contributed by atoms with E-state index >= 15 is 0 Å². The molecule has 5 nitrogen and oxygen atoms in total. The van der Waals surface area contributed by atoms with E-state index in [4.69, 9.17) is 16.7 Å². The number of piperazine rings is 1. The maximum absolute atomic E-state index is 12.4. The normalized spacial score (nSPS) is 16.2. The van der Waals surface area contributed by atoms with Gasteiger partial charge in [0.05, 0.1) is 17.1 Å². The van der Waals surface area contributed by atoms with Gasteiger partial charge >= 0.3 is 5.97 Å². The molecule has 0 aliphatic carbocycles. The molecule has 0 spiro atoms. The Hall–Kier alpha value is -1.59. The number of carboxylic acids is 1. The van der Waals surface area contributed by atoms with Crippen LogP contribution in [0.1, 0.15) is 15.9 Å². The Morgan fingerprint density at radius 3 is 2.50 bits per heavy atom. The van der Waals surface area contributed by atoms with Gasteiger partial charge in [-0.15, -0.1) is 0 Å². The molecule has 1 aliphatic rings. The summed E-state index contributed by atoms with van der Waals surface area (Å²) in [5.41, 5.74) is 1.39. The summed E-state index contributed by atoms with van der Waals surface area (Å²) >= 11 is 6.17. The number of hydrogen-bond donors (Lipinski definition) is 1. The van der Waals surface area contributed by atoms with Crippen LogP contribution in [0.3, 0.4) is 0 Å². The van der Waals surface area contributed by atoms with Crippen molar-refractivity contribution in [3.63, 3.8) is 0 Å². The number of aryl methyl sites for hydroxylation is 1.